The van der Waals surface area contributed by atoms with Gasteiger partial charge in [-0.25, -0.2) is 9.97 Å². The highest BCUT2D eigenvalue weighted by Gasteiger charge is 2.24. The second kappa shape index (κ2) is 6.49. The van der Waals surface area contributed by atoms with E-state index >= 15 is 0 Å². The number of hydrogen-bond acceptors (Lipinski definition) is 5. The molecule has 1 aliphatic rings. The van der Waals surface area contributed by atoms with E-state index in [1.807, 2.05) is 16.3 Å². The second-order valence-corrected chi connectivity index (χ2v) is 6.32. The van der Waals surface area contributed by atoms with Crippen LogP contribution < -0.4 is 0 Å². The fourth-order valence-electron chi connectivity index (χ4n) is 2.86. The van der Waals surface area contributed by atoms with E-state index in [4.69, 9.17) is 4.74 Å². The summed E-state index contributed by atoms with van der Waals surface area (Å²) < 4.78 is 6.13. The first-order valence-corrected chi connectivity index (χ1v) is 8.14. The van der Waals surface area contributed by atoms with Crippen LogP contribution >= 0.6 is 11.3 Å². The monoisotopic (exact) mass is 305 g/mol. The Morgan fingerprint density at radius 1 is 1.43 bits per heavy atom. The van der Waals surface area contributed by atoms with Gasteiger partial charge < -0.3 is 9.64 Å². The molecule has 2 aromatic heterocycles. The van der Waals surface area contributed by atoms with Crippen molar-refractivity contribution < 1.29 is 9.53 Å². The summed E-state index contributed by atoms with van der Waals surface area (Å²) in [6.45, 7) is 2.37. The van der Waals surface area contributed by atoms with Crippen molar-refractivity contribution >= 4 is 27.5 Å². The van der Waals surface area contributed by atoms with Crippen molar-refractivity contribution in [1.82, 2.24) is 14.9 Å². The maximum atomic E-state index is 12.7. The Bertz CT molecular complexity index is 628. The van der Waals surface area contributed by atoms with Gasteiger partial charge in [-0.15, -0.1) is 11.3 Å². The number of fused-ring (bicyclic) bond motifs is 1. The molecule has 2 aromatic rings. The molecule has 0 aromatic carbocycles. The zero-order valence-electron chi connectivity index (χ0n) is 12.1. The molecule has 0 N–H and O–H groups in total. The van der Waals surface area contributed by atoms with E-state index in [2.05, 4.69) is 9.97 Å². The van der Waals surface area contributed by atoms with Crippen molar-refractivity contribution in [3.05, 3.63) is 23.5 Å². The summed E-state index contributed by atoms with van der Waals surface area (Å²) in [7, 11) is 1.74. The maximum Gasteiger partial charge on any atom is 0.274 e. The summed E-state index contributed by atoms with van der Waals surface area (Å²) >= 11 is 1.53. The lowest BCUT2D eigenvalue weighted by atomic mass is 10.0. The predicted molar refractivity (Wildman–Crippen MR) is 82.5 cm³/mol. The highest BCUT2D eigenvalue weighted by molar-refractivity contribution is 7.17. The smallest absolute Gasteiger partial charge is 0.274 e. The van der Waals surface area contributed by atoms with Crippen LogP contribution in [0.25, 0.3) is 10.2 Å². The third kappa shape index (κ3) is 3.06. The lowest BCUT2D eigenvalue weighted by Gasteiger charge is -2.20. The number of likely N-dealkylation sites (tertiary alicyclic amines) is 1. The van der Waals surface area contributed by atoms with Crippen LogP contribution in [0, 0.1) is 5.92 Å². The van der Waals surface area contributed by atoms with Crippen molar-refractivity contribution in [3.8, 4) is 0 Å². The van der Waals surface area contributed by atoms with Gasteiger partial charge in [0.2, 0.25) is 0 Å². The molecule has 1 atom stereocenters. The van der Waals surface area contributed by atoms with Gasteiger partial charge in [-0.1, -0.05) is 0 Å². The van der Waals surface area contributed by atoms with Gasteiger partial charge >= 0.3 is 0 Å². The van der Waals surface area contributed by atoms with E-state index in [0.717, 1.165) is 49.2 Å². The number of carbonyl (C=O) groups excluding carboxylic acids is 1. The molecule has 1 amide bonds. The Morgan fingerprint density at radius 2 is 2.33 bits per heavy atom. The predicted octanol–water partition coefficient (Wildman–Crippen LogP) is 2.58. The van der Waals surface area contributed by atoms with Crippen LogP contribution in [0.5, 0.6) is 0 Å². The summed E-state index contributed by atoms with van der Waals surface area (Å²) in [6.07, 6.45) is 4.63. The standard InChI is InChI=1S/C15H19N3O2S/c1-20-9-11-3-2-6-18(7-4-11)15(19)13-14-12(5-8-21-14)16-10-17-13/h5,8,10-11H,2-4,6-7,9H2,1H3. The number of hydrogen-bond donors (Lipinski definition) is 0. The minimum atomic E-state index is 0.0305. The molecular formula is C15H19N3O2S. The molecule has 0 bridgehead atoms. The second-order valence-electron chi connectivity index (χ2n) is 5.40. The molecule has 112 valence electrons. The molecular weight excluding hydrogens is 286 g/mol. The maximum absolute atomic E-state index is 12.7. The van der Waals surface area contributed by atoms with Gasteiger partial charge in [-0.3, -0.25) is 4.79 Å². The van der Waals surface area contributed by atoms with Gasteiger partial charge in [0.1, 0.15) is 12.0 Å². The molecule has 3 heterocycles. The molecule has 5 nitrogen and oxygen atoms in total. The topological polar surface area (TPSA) is 55.3 Å². The van der Waals surface area contributed by atoms with Crippen LogP contribution in [0.15, 0.2) is 17.8 Å². The highest BCUT2D eigenvalue weighted by Crippen LogP contribution is 2.24. The lowest BCUT2D eigenvalue weighted by Crippen LogP contribution is -2.32. The highest BCUT2D eigenvalue weighted by atomic mass is 32.1. The van der Waals surface area contributed by atoms with E-state index in [0.29, 0.717) is 11.6 Å². The van der Waals surface area contributed by atoms with Gasteiger partial charge in [-0.05, 0) is 36.6 Å². The average Bonchev–Trinajstić information content (AvgIpc) is 2.86. The van der Waals surface area contributed by atoms with Crippen molar-refractivity contribution in [2.75, 3.05) is 26.8 Å². The van der Waals surface area contributed by atoms with E-state index < -0.39 is 0 Å². The molecule has 1 fully saturated rings. The Kier molecular flexibility index (Phi) is 4.45. The summed E-state index contributed by atoms with van der Waals surface area (Å²) in [5, 5.41) is 1.95. The van der Waals surface area contributed by atoms with Crippen molar-refractivity contribution in [2.45, 2.75) is 19.3 Å². The fraction of sp³-hybridized carbons (Fsp3) is 0.533. The Hall–Kier alpha value is -1.53. The average molecular weight is 305 g/mol. The minimum Gasteiger partial charge on any atom is -0.384 e. The molecule has 1 saturated heterocycles. The normalized spacial score (nSPS) is 19.7. The van der Waals surface area contributed by atoms with E-state index in [-0.39, 0.29) is 5.91 Å². The molecule has 0 spiro atoms. The number of thiophene rings is 1. The van der Waals surface area contributed by atoms with Gasteiger partial charge in [0.05, 0.1) is 10.2 Å². The van der Waals surface area contributed by atoms with Crippen LogP contribution in [0.3, 0.4) is 0 Å². The summed E-state index contributed by atoms with van der Waals surface area (Å²) in [4.78, 5) is 23.1. The molecule has 3 rings (SSSR count). The molecule has 21 heavy (non-hydrogen) atoms. The molecule has 0 aliphatic carbocycles. The first kappa shape index (κ1) is 14.4. The quantitative estimate of drug-likeness (QED) is 0.874. The Morgan fingerprint density at radius 3 is 3.19 bits per heavy atom. The summed E-state index contributed by atoms with van der Waals surface area (Å²) in [6, 6.07) is 1.93. The van der Waals surface area contributed by atoms with Crippen LogP contribution in [-0.2, 0) is 4.74 Å². The third-order valence-electron chi connectivity index (χ3n) is 3.98. The van der Waals surface area contributed by atoms with Gasteiger partial charge in [0.15, 0.2) is 0 Å². The van der Waals surface area contributed by atoms with Crippen molar-refractivity contribution in [1.29, 1.82) is 0 Å². The number of aromatic nitrogens is 2. The molecule has 0 radical (unpaired) electrons. The number of carbonyl (C=O) groups is 1. The molecule has 1 aliphatic heterocycles. The van der Waals surface area contributed by atoms with Crippen LogP contribution in [0.1, 0.15) is 29.8 Å². The van der Waals surface area contributed by atoms with Crippen LogP contribution in [-0.4, -0.2) is 47.6 Å². The van der Waals surface area contributed by atoms with E-state index in [9.17, 15) is 4.79 Å². The number of rotatable bonds is 3. The van der Waals surface area contributed by atoms with Gasteiger partial charge in [0, 0.05) is 26.8 Å². The molecule has 6 heteroatoms. The summed E-state index contributed by atoms with van der Waals surface area (Å²) in [5.74, 6) is 0.586. The van der Waals surface area contributed by atoms with Gasteiger partial charge in [-0.2, -0.15) is 0 Å². The van der Waals surface area contributed by atoms with Gasteiger partial charge in [0.25, 0.3) is 5.91 Å². The molecule has 0 saturated carbocycles. The summed E-state index contributed by atoms with van der Waals surface area (Å²) in [5.41, 5.74) is 1.39. The minimum absolute atomic E-state index is 0.0305. The van der Waals surface area contributed by atoms with Crippen molar-refractivity contribution in [2.24, 2.45) is 5.92 Å². The zero-order valence-corrected chi connectivity index (χ0v) is 12.9. The largest absolute Gasteiger partial charge is 0.384 e. The Labute approximate surface area is 128 Å². The first-order chi connectivity index (χ1) is 10.3. The molecule has 1 unspecified atom stereocenters. The van der Waals surface area contributed by atoms with Crippen LogP contribution in [0.4, 0.5) is 0 Å². The lowest BCUT2D eigenvalue weighted by molar-refractivity contribution is 0.0752. The van der Waals surface area contributed by atoms with Crippen LogP contribution in [0.2, 0.25) is 0 Å². The number of nitrogens with zero attached hydrogens (tertiary/aromatic N) is 3. The van der Waals surface area contributed by atoms with Crippen molar-refractivity contribution in [3.63, 3.8) is 0 Å². The third-order valence-corrected chi connectivity index (χ3v) is 4.89. The van der Waals surface area contributed by atoms with E-state index in [1.54, 1.807) is 7.11 Å². The number of amides is 1. The number of ether oxygens (including phenoxy) is 1. The zero-order chi connectivity index (χ0) is 14.7. The fourth-order valence-corrected chi connectivity index (χ4v) is 3.69. The SMILES string of the molecule is COCC1CCCN(C(=O)c2ncnc3ccsc23)CC1. The Balaban J connectivity index is 1.77. The van der Waals surface area contributed by atoms with E-state index in [1.165, 1.54) is 17.7 Å². The first-order valence-electron chi connectivity index (χ1n) is 7.26. The number of methoxy groups -OCH3 is 1.